The fourth-order valence-corrected chi connectivity index (χ4v) is 2.12. The minimum atomic E-state index is -0.465. The number of anilines is 1. The molecule has 0 aliphatic rings. The lowest BCUT2D eigenvalue weighted by Gasteiger charge is -2.08. The van der Waals surface area contributed by atoms with Gasteiger partial charge in [0.05, 0.1) is 11.1 Å². The van der Waals surface area contributed by atoms with Crippen LogP contribution in [0.4, 0.5) is 10.2 Å². The van der Waals surface area contributed by atoms with Crippen LogP contribution in [-0.2, 0) is 0 Å². The second-order valence-corrected chi connectivity index (χ2v) is 5.21. The van der Waals surface area contributed by atoms with E-state index in [4.69, 9.17) is 5.26 Å². The molecule has 0 radical (unpaired) electrons. The number of hydrogen-bond acceptors (Lipinski definition) is 4. The molecule has 7 heteroatoms. The third kappa shape index (κ3) is 4.27. The van der Waals surface area contributed by atoms with Crippen molar-refractivity contribution in [3.05, 3.63) is 57.9 Å². The van der Waals surface area contributed by atoms with Crippen LogP contribution in [0.2, 0.25) is 0 Å². The highest BCUT2D eigenvalue weighted by atomic mass is 79.9. The molecule has 1 aromatic carbocycles. The summed E-state index contributed by atoms with van der Waals surface area (Å²) in [5, 5.41) is 14.4. The van der Waals surface area contributed by atoms with Gasteiger partial charge in [-0.3, -0.25) is 4.79 Å². The van der Waals surface area contributed by atoms with E-state index in [0.29, 0.717) is 28.9 Å². The number of nitrogens with one attached hydrogen (secondary N) is 2. The van der Waals surface area contributed by atoms with E-state index < -0.39 is 5.82 Å². The molecule has 0 unspecified atom stereocenters. The summed E-state index contributed by atoms with van der Waals surface area (Å²) in [4.78, 5) is 16.0. The first-order valence-electron chi connectivity index (χ1n) is 6.43. The van der Waals surface area contributed by atoms with Crippen molar-refractivity contribution in [2.45, 2.75) is 0 Å². The minimum Gasteiger partial charge on any atom is -0.368 e. The van der Waals surface area contributed by atoms with Gasteiger partial charge in [-0.2, -0.15) is 5.26 Å². The Balaban J connectivity index is 1.82. The summed E-state index contributed by atoms with van der Waals surface area (Å²) in [6, 6.07) is 9.26. The van der Waals surface area contributed by atoms with E-state index in [1.165, 1.54) is 24.4 Å². The van der Waals surface area contributed by atoms with Crippen molar-refractivity contribution in [1.29, 1.82) is 5.26 Å². The molecule has 0 bridgehead atoms. The van der Waals surface area contributed by atoms with Gasteiger partial charge in [0.25, 0.3) is 5.91 Å². The Labute approximate surface area is 135 Å². The molecule has 2 N–H and O–H groups in total. The maximum Gasteiger partial charge on any atom is 0.252 e. The molecule has 1 aromatic heterocycles. The SMILES string of the molecule is N#Cc1ccc(NCCNC(=O)c2cc(F)ccc2Br)nc1. The first-order valence-corrected chi connectivity index (χ1v) is 7.22. The number of amides is 1. The quantitative estimate of drug-likeness (QED) is 0.801. The number of nitriles is 1. The Morgan fingerprint density at radius 3 is 2.82 bits per heavy atom. The van der Waals surface area contributed by atoms with Crippen LogP contribution in [0.3, 0.4) is 0 Å². The van der Waals surface area contributed by atoms with Crippen molar-refractivity contribution in [3.8, 4) is 6.07 Å². The van der Waals surface area contributed by atoms with Gasteiger partial charge in [-0.15, -0.1) is 0 Å². The molecule has 0 aliphatic carbocycles. The zero-order chi connectivity index (χ0) is 15.9. The van der Waals surface area contributed by atoms with Crippen molar-refractivity contribution in [2.75, 3.05) is 18.4 Å². The molecule has 112 valence electrons. The predicted octanol–water partition coefficient (Wildman–Crippen LogP) is 2.70. The molecular formula is C15H12BrFN4O. The molecule has 0 saturated carbocycles. The van der Waals surface area contributed by atoms with Crippen LogP contribution < -0.4 is 10.6 Å². The molecule has 0 spiro atoms. The highest BCUT2D eigenvalue weighted by Gasteiger charge is 2.10. The second kappa shape index (κ2) is 7.52. The Morgan fingerprint density at radius 2 is 2.14 bits per heavy atom. The molecule has 2 aromatic rings. The number of pyridine rings is 1. The van der Waals surface area contributed by atoms with Crippen LogP contribution in [-0.4, -0.2) is 24.0 Å². The lowest BCUT2D eigenvalue weighted by Crippen LogP contribution is -2.29. The second-order valence-electron chi connectivity index (χ2n) is 4.35. The smallest absolute Gasteiger partial charge is 0.252 e. The monoisotopic (exact) mass is 362 g/mol. The standard InChI is InChI=1S/C15H12BrFN4O/c16-13-3-2-11(17)7-12(13)15(22)20-6-5-19-14-4-1-10(8-18)9-21-14/h1-4,7,9H,5-6H2,(H,19,21)(H,20,22). The minimum absolute atomic E-state index is 0.247. The van der Waals surface area contributed by atoms with Crippen LogP contribution in [0.15, 0.2) is 41.0 Å². The number of carbonyl (C=O) groups excluding carboxylic acids is 1. The van der Waals surface area contributed by atoms with Crippen molar-refractivity contribution in [2.24, 2.45) is 0 Å². The van der Waals surface area contributed by atoms with Gasteiger partial charge in [-0.25, -0.2) is 9.37 Å². The van der Waals surface area contributed by atoms with Crippen molar-refractivity contribution in [1.82, 2.24) is 10.3 Å². The van der Waals surface area contributed by atoms with Crippen LogP contribution in [0, 0.1) is 17.1 Å². The summed E-state index contributed by atoms with van der Waals surface area (Å²) in [6.07, 6.45) is 1.46. The van der Waals surface area contributed by atoms with Crippen LogP contribution >= 0.6 is 15.9 Å². The molecule has 1 amide bonds. The first-order chi connectivity index (χ1) is 10.6. The summed E-state index contributed by atoms with van der Waals surface area (Å²) in [6.45, 7) is 0.807. The van der Waals surface area contributed by atoms with Gasteiger partial charge in [0.1, 0.15) is 17.7 Å². The number of aromatic nitrogens is 1. The van der Waals surface area contributed by atoms with Gasteiger partial charge in [0.15, 0.2) is 0 Å². The lowest BCUT2D eigenvalue weighted by atomic mass is 10.2. The molecule has 0 fully saturated rings. The van der Waals surface area contributed by atoms with E-state index in [2.05, 4.69) is 31.5 Å². The molecule has 0 atom stereocenters. The maximum atomic E-state index is 13.1. The van der Waals surface area contributed by atoms with Gasteiger partial charge in [-0.05, 0) is 46.3 Å². The summed E-state index contributed by atoms with van der Waals surface area (Å²) in [5.41, 5.74) is 0.728. The van der Waals surface area contributed by atoms with Crippen LogP contribution in [0.25, 0.3) is 0 Å². The average molecular weight is 363 g/mol. The Kier molecular flexibility index (Phi) is 5.44. The van der Waals surface area contributed by atoms with Gasteiger partial charge >= 0.3 is 0 Å². The van der Waals surface area contributed by atoms with E-state index in [-0.39, 0.29) is 11.5 Å². The predicted molar refractivity (Wildman–Crippen MR) is 83.9 cm³/mol. The summed E-state index contributed by atoms with van der Waals surface area (Å²) >= 11 is 3.21. The van der Waals surface area contributed by atoms with Gasteiger partial charge in [0, 0.05) is 23.8 Å². The van der Waals surface area contributed by atoms with Gasteiger partial charge < -0.3 is 10.6 Å². The van der Waals surface area contributed by atoms with E-state index in [1.807, 2.05) is 6.07 Å². The zero-order valence-corrected chi connectivity index (χ0v) is 13.0. The van der Waals surface area contributed by atoms with Crippen molar-refractivity contribution < 1.29 is 9.18 Å². The molecule has 22 heavy (non-hydrogen) atoms. The highest BCUT2D eigenvalue weighted by molar-refractivity contribution is 9.10. The number of hydrogen-bond donors (Lipinski definition) is 2. The van der Waals surface area contributed by atoms with Gasteiger partial charge in [0.2, 0.25) is 0 Å². The molecule has 1 heterocycles. The largest absolute Gasteiger partial charge is 0.368 e. The summed E-state index contributed by atoms with van der Waals surface area (Å²) < 4.78 is 13.7. The Bertz CT molecular complexity index is 712. The van der Waals surface area contributed by atoms with Gasteiger partial charge in [-0.1, -0.05) is 0 Å². The van der Waals surface area contributed by atoms with Crippen molar-refractivity contribution >= 4 is 27.7 Å². The average Bonchev–Trinajstić information content (AvgIpc) is 2.54. The Morgan fingerprint density at radius 1 is 1.32 bits per heavy atom. The van der Waals surface area contributed by atoms with Crippen LogP contribution in [0.1, 0.15) is 15.9 Å². The maximum absolute atomic E-state index is 13.1. The summed E-state index contributed by atoms with van der Waals surface area (Å²) in [5.74, 6) is -0.214. The highest BCUT2D eigenvalue weighted by Crippen LogP contribution is 2.17. The topological polar surface area (TPSA) is 77.8 Å². The number of halogens is 2. The lowest BCUT2D eigenvalue weighted by molar-refractivity contribution is 0.0954. The van der Waals surface area contributed by atoms with Crippen LogP contribution in [0.5, 0.6) is 0 Å². The first kappa shape index (κ1) is 15.9. The van der Waals surface area contributed by atoms with E-state index in [9.17, 15) is 9.18 Å². The third-order valence-corrected chi connectivity index (χ3v) is 3.47. The molecule has 5 nitrogen and oxygen atoms in total. The fourth-order valence-electron chi connectivity index (χ4n) is 1.70. The number of nitrogens with zero attached hydrogens (tertiary/aromatic N) is 2. The molecule has 0 aliphatic heterocycles. The van der Waals surface area contributed by atoms with E-state index in [1.54, 1.807) is 12.1 Å². The third-order valence-electron chi connectivity index (χ3n) is 2.78. The number of carbonyl (C=O) groups is 1. The normalized spacial score (nSPS) is 9.86. The molecule has 0 saturated heterocycles. The molecule has 2 rings (SSSR count). The van der Waals surface area contributed by atoms with E-state index in [0.717, 1.165) is 0 Å². The Hall–Kier alpha value is -2.46. The number of rotatable bonds is 5. The number of benzene rings is 1. The van der Waals surface area contributed by atoms with E-state index >= 15 is 0 Å². The molecular weight excluding hydrogens is 351 g/mol. The summed E-state index contributed by atoms with van der Waals surface area (Å²) in [7, 11) is 0. The zero-order valence-electron chi connectivity index (χ0n) is 11.4. The fraction of sp³-hybridized carbons (Fsp3) is 0.133. The van der Waals surface area contributed by atoms with Crippen molar-refractivity contribution in [3.63, 3.8) is 0 Å².